The molecule has 2 heterocycles. The number of aromatic nitrogens is 1. The summed E-state index contributed by atoms with van der Waals surface area (Å²) >= 11 is 13.5. The third kappa shape index (κ3) is 4.14. The van der Waals surface area contributed by atoms with Gasteiger partial charge in [0.05, 0.1) is 26.4 Å². The second-order valence-corrected chi connectivity index (χ2v) is 8.67. The van der Waals surface area contributed by atoms with E-state index in [0.717, 1.165) is 16.3 Å². The van der Waals surface area contributed by atoms with Crippen molar-refractivity contribution in [1.82, 2.24) is 4.98 Å². The number of rotatable bonds is 4. The minimum absolute atomic E-state index is 0.167. The topological polar surface area (TPSA) is 71.5 Å². The lowest BCUT2D eigenvalue weighted by atomic mass is 10.1. The Morgan fingerprint density at radius 1 is 1.23 bits per heavy atom. The lowest BCUT2D eigenvalue weighted by Gasteiger charge is -2.32. The van der Waals surface area contributed by atoms with E-state index in [2.05, 4.69) is 10.3 Å². The Balaban J connectivity index is 1.61. The summed E-state index contributed by atoms with van der Waals surface area (Å²) in [7, 11) is 0. The summed E-state index contributed by atoms with van der Waals surface area (Å²) in [6.07, 6.45) is -0.692. The van der Waals surface area contributed by atoms with Gasteiger partial charge in [0.15, 0.2) is 6.10 Å². The fourth-order valence-electron chi connectivity index (χ4n) is 3.14. The molecule has 0 spiro atoms. The first-order valence-corrected chi connectivity index (χ1v) is 10.7. The molecule has 30 heavy (non-hydrogen) atoms. The van der Waals surface area contributed by atoms with Gasteiger partial charge in [0.25, 0.3) is 5.91 Å². The highest BCUT2D eigenvalue weighted by Gasteiger charge is 2.33. The molecular formula is C21H17Cl2N3O3S. The van der Waals surface area contributed by atoms with Crippen molar-refractivity contribution in [2.45, 2.75) is 20.0 Å². The van der Waals surface area contributed by atoms with Gasteiger partial charge in [-0.3, -0.25) is 14.5 Å². The van der Waals surface area contributed by atoms with Gasteiger partial charge < -0.3 is 10.1 Å². The number of benzene rings is 2. The zero-order valence-electron chi connectivity index (χ0n) is 16.1. The fourth-order valence-corrected chi connectivity index (χ4v) is 4.06. The van der Waals surface area contributed by atoms with Gasteiger partial charge in [-0.25, -0.2) is 4.98 Å². The van der Waals surface area contributed by atoms with Gasteiger partial charge >= 0.3 is 0 Å². The molecule has 3 aromatic rings. The minimum Gasteiger partial charge on any atom is -0.479 e. The highest BCUT2D eigenvalue weighted by Crippen LogP contribution is 2.37. The summed E-state index contributed by atoms with van der Waals surface area (Å²) in [5.74, 6) is -0.116. The van der Waals surface area contributed by atoms with Gasteiger partial charge in [0.2, 0.25) is 5.91 Å². The van der Waals surface area contributed by atoms with Crippen LogP contribution in [-0.4, -0.2) is 29.4 Å². The highest BCUT2D eigenvalue weighted by atomic mass is 35.5. The van der Waals surface area contributed by atoms with E-state index in [1.165, 1.54) is 4.90 Å². The Morgan fingerprint density at radius 2 is 2.03 bits per heavy atom. The number of hydrogen-bond acceptors (Lipinski definition) is 5. The fraction of sp³-hybridized carbons (Fsp3) is 0.190. The number of fused-ring (bicyclic) bond motifs is 1. The molecule has 1 aromatic heterocycles. The maximum absolute atomic E-state index is 12.8. The molecule has 154 valence electrons. The average Bonchev–Trinajstić information content (AvgIpc) is 3.14. The molecule has 0 aliphatic carbocycles. The van der Waals surface area contributed by atoms with Gasteiger partial charge in [-0.15, -0.1) is 11.3 Å². The molecule has 1 unspecified atom stereocenters. The van der Waals surface area contributed by atoms with Crippen LogP contribution in [0.3, 0.4) is 0 Å². The van der Waals surface area contributed by atoms with E-state index in [1.54, 1.807) is 42.5 Å². The number of carbonyl (C=O) groups is 2. The van der Waals surface area contributed by atoms with E-state index < -0.39 is 6.10 Å². The summed E-state index contributed by atoms with van der Waals surface area (Å²) < 4.78 is 5.73. The third-order valence-electron chi connectivity index (χ3n) is 4.59. The van der Waals surface area contributed by atoms with Crippen LogP contribution in [0.4, 0.5) is 11.4 Å². The first-order valence-electron chi connectivity index (χ1n) is 9.11. The van der Waals surface area contributed by atoms with E-state index in [0.29, 0.717) is 27.2 Å². The second kappa shape index (κ2) is 8.26. The Kier molecular flexibility index (Phi) is 5.69. The summed E-state index contributed by atoms with van der Waals surface area (Å²) in [4.78, 5) is 31.4. The number of anilines is 2. The van der Waals surface area contributed by atoms with E-state index in [-0.39, 0.29) is 18.4 Å². The van der Waals surface area contributed by atoms with Crippen LogP contribution >= 0.6 is 34.5 Å². The van der Waals surface area contributed by atoms with E-state index >= 15 is 0 Å². The molecule has 1 N–H and O–H groups in total. The molecule has 1 aliphatic heterocycles. The number of nitrogens with zero attached hydrogens (tertiary/aromatic N) is 2. The maximum atomic E-state index is 12.8. The van der Waals surface area contributed by atoms with Gasteiger partial charge in [0.1, 0.15) is 12.3 Å². The van der Waals surface area contributed by atoms with E-state index in [9.17, 15) is 9.59 Å². The Hall–Kier alpha value is -2.61. The van der Waals surface area contributed by atoms with Crippen molar-refractivity contribution >= 4 is 57.7 Å². The van der Waals surface area contributed by atoms with Crippen molar-refractivity contribution < 1.29 is 14.3 Å². The third-order valence-corrected chi connectivity index (χ3v) is 6.10. The first-order chi connectivity index (χ1) is 14.3. The summed E-state index contributed by atoms with van der Waals surface area (Å²) in [5, 5.41) is 6.37. The standard InChI is InChI=1S/C21H17Cl2N3O3S/c1-11-21(28)26(9-20(27)25-14-4-5-15(22)16(23)8-14)18-7-13(3-6-19(18)29-11)17-10-30-12(2)24-17/h3-8,10-11H,9H2,1-2H3,(H,25,27). The lowest BCUT2D eigenvalue weighted by molar-refractivity contribution is -0.127. The number of thiazole rings is 1. The largest absolute Gasteiger partial charge is 0.479 e. The number of amides is 2. The van der Waals surface area contributed by atoms with Crippen LogP contribution in [-0.2, 0) is 9.59 Å². The predicted molar refractivity (Wildman–Crippen MR) is 120 cm³/mol. The number of hydrogen-bond donors (Lipinski definition) is 1. The van der Waals surface area contributed by atoms with Gasteiger partial charge in [-0.2, -0.15) is 0 Å². The molecule has 0 saturated carbocycles. The van der Waals surface area contributed by atoms with Crippen LogP contribution in [0, 0.1) is 6.92 Å². The number of carbonyl (C=O) groups excluding carboxylic acids is 2. The number of nitrogens with one attached hydrogen (secondary N) is 1. The van der Waals surface area contributed by atoms with Crippen molar-refractivity contribution in [1.29, 1.82) is 0 Å². The highest BCUT2D eigenvalue weighted by molar-refractivity contribution is 7.09. The average molecular weight is 462 g/mol. The Bertz CT molecular complexity index is 1150. The molecule has 1 atom stereocenters. The molecule has 6 nitrogen and oxygen atoms in total. The normalized spacial score (nSPS) is 15.5. The van der Waals surface area contributed by atoms with E-state index in [1.807, 2.05) is 24.4 Å². The zero-order chi connectivity index (χ0) is 21.4. The molecule has 4 rings (SSSR count). The molecule has 0 bridgehead atoms. The molecular weight excluding hydrogens is 445 g/mol. The van der Waals surface area contributed by atoms with Gasteiger partial charge in [0, 0.05) is 16.6 Å². The monoisotopic (exact) mass is 461 g/mol. The first kappa shape index (κ1) is 20.7. The SMILES string of the molecule is Cc1nc(-c2ccc3c(c2)N(CC(=O)Nc2ccc(Cl)c(Cl)c2)C(=O)C(C)O3)cs1. The van der Waals surface area contributed by atoms with Gasteiger partial charge in [-0.05, 0) is 50.2 Å². The van der Waals surface area contributed by atoms with Crippen LogP contribution in [0.15, 0.2) is 41.8 Å². The van der Waals surface area contributed by atoms with Crippen molar-refractivity contribution in [2.24, 2.45) is 0 Å². The molecule has 1 aliphatic rings. The number of ether oxygens (including phenoxy) is 1. The Labute approximate surface area is 187 Å². The van der Waals surface area contributed by atoms with Crippen LogP contribution in [0.2, 0.25) is 10.0 Å². The molecule has 0 radical (unpaired) electrons. The molecule has 2 aromatic carbocycles. The Morgan fingerprint density at radius 3 is 2.73 bits per heavy atom. The summed E-state index contributed by atoms with van der Waals surface area (Å²) in [5.41, 5.74) is 2.69. The van der Waals surface area contributed by atoms with Crippen LogP contribution in [0.1, 0.15) is 11.9 Å². The van der Waals surface area contributed by atoms with Crippen LogP contribution < -0.4 is 15.0 Å². The van der Waals surface area contributed by atoms with Crippen LogP contribution in [0.25, 0.3) is 11.3 Å². The smallest absolute Gasteiger partial charge is 0.268 e. The lowest BCUT2D eigenvalue weighted by Crippen LogP contribution is -2.47. The van der Waals surface area contributed by atoms with E-state index in [4.69, 9.17) is 27.9 Å². The zero-order valence-corrected chi connectivity index (χ0v) is 18.4. The molecule has 2 amide bonds. The number of aryl methyl sites for hydroxylation is 1. The minimum atomic E-state index is -0.692. The molecule has 0 fully saturated rings. The van der Waals surface area contributed by atoms with Gasteiger partial charge in [-0.1, -0.05) is 23.2 Å². The van der Waals surface area contributed by atoms with Crippen molar-refractivity contribution in [3.8, 4) is 17.0 Å². The summed E-state index contributed by atoms with van der Waals surface area (Å²) in [6, 6.07) is 10.3. The number of halogens is 2. The molecule has 9 heteroatoms. The molecule has 0 saturated heterocycles. The quantitative estimate of drug-likeness (QED) is 0.580. The second-order valence-electron chi connectivity index (χ2n) is 6.80. The van der Waals surface area contributed by atoms with Crippen molar-refractivity contribution in [2.75, 3.05) is 16.8 Å². The van der Waals surface area contributed by atoms with Crippen molar-refractivity contribution in [3.05, 3.63) is 56.8 Å². The van der Waals surface area contributed by atoms with Crippen LogP contribution in [0.5, 0.6) is 5.75 Å². The summed E-state index contributed by atoms with van der Waals surface area (Å²) in [6.45, 7) is 3.42. The predicted octanol–water partition coefficient (Wildman–Crippen LogP) is 5.18. The maximum Gasteiger partial charge on any atom is 0.268 e. The van der Waals surface area contributed by atoms with Crippen molar-refractivity contribution in [3.63, 3.8) is 0 Å².